The van der Waals surface area contributed by atoms with Gasteiger partial charge in [-0.3, -0.25) is 14.4 Å². The molecule has 0 amide bonds. The van der Waals surface area contributed by atoms with E-state index in [4.69, 9.17) is 42.1 Å². The molecule has 0 fully saturated rings. The number of nitrogens with zero attached hydrogens (tertiary/aromatic N) is 3. The van der Waals surface area contributed by atoms with E-state index in [2.05, 4.69) is 20.0 Å². The average Bonchev–Trinajstić information content (AvgIpc) is 3.15. The lowest BCUT2D eigenvalue weighted by Gasteiger charge is -2.13. The SMILES string of the molecule is CNc1c(C=O)cnc(Cl)c1C.COC(=O)Cc1cc(OC)cc(OC)c1.COc1cc(OC)cc(-c2cc3cnc(Cl)c(C)c3n(C)c2=O)c1. The van der Waals surface area contributed by atoms with E-state index in [1.54, 1.807) is 89.7 Å². The predicted molar refractivity (Wildman–Crippen MR) is 199 cm³/mol. The monoisotopic (exact) mass is 738 g/mol. The van der Waals surface area contributed by atoms with Crippen LogP contribution in [0.4, 0.5) is 5.69 Å². The molecule has 0 aliphatic rings. The highest BCUT2D eigenvalue weighted by Crippen LogP contribution is 2.31. The molecule has 0 radical (unpaired) electrons. The quantitative estimate of drug-likeness (QED) is 0.0960. The van der Waals surface area contributed by atoms with E-state index in [0.717, 1.165) is 45.1 Å². The van der Waals surface area contributed by atoms with Crippen LogP contribution in [0.25, 0.3) is 22.0 Å². The Labute approximate surface area is 306 Å². The van der Waals surface area contributed by atoms with E-state index in [9.17, 15) is 14.4 Å². The zero-order valence-corrected chi connectivity index (χ0v) is 31.4. The summed E-state index contributed by atoms with van der Waals surface area (Å²) in [6, 6.07) is 12.5. The van der Waals surface area contributed by atoms with E-state index < -0.39 is 0 Å². The van der Waals surface area contributed by atoms with E-state index in [0.29, 0.717) is 44.4 Å². The third-order valence-corrected chi connectivity index (χ3v) is 8.50. The molecule has 0 unspecified atom stereocenters. The first-order valence-electron chi connectivity index (χ1n) is 15.3. The lowest BCUT2D eigenvalue weighted by Crippen LogP contribution is -2.19. The third-order valence-electron chi connectivity index (χ3n) is 7.74. The van der Waals surface area contributed by atoms with Gasteiger partial charge in [-0.15, -0.1) is 0 Å². The maximum Gasteiger partial charge on any atom is 0.309 e. The van der Waals surface area contributed by atoms with Crippen molar-refractivity contribution in [3.63, 3.8) is 0 Å². The van der Waals surface area contributed by atoms with Crippen molar-refractivity contribution in [2.75, 3.05) is 47.9 Å². The molecule has 14 heteroatoms. The van der Waals surface area contributed by atoms with Crippen LogP contribution < -0.4 is 29.8 Å². The topological polar surface area (TPSA) is 140 Å². The Balaban J connectivity index is 0.000000224. The second-order valence-corrected chi connectivity index (χ2v) is 11.6. The van der Waals surface area contributed by atoms with Gasteiger partial charge in [-0.05, 0) is 55.3 Å². The first kappa shape index (κ1) is 40.1. The van der Waals surface area contributed by atoms with Gasteiger partial charge in [0.1, 0.15) is 33.3 Å². The van der Waals surface area contributed by atoms with Crippen molar-refractivity contribution in [2.24, 2.45) is 7.05 Å². The normalized spacial score (nSPS) is 10.2. The predicted octanol–water partition coefficient (Wildman–Crippen LogP) is 6.90. The number of halogens is 2. The van der Waals surface area contributed by atoms with E-state index in [-0.39, 0.29) is 17.9 Å². The number of methoxy groups -OCH3 is 5. The highest BCUT2D eigenvalue weighted by atomic mass is 35.5. The van der Waals surface area contributed by atoms with Gasteiger partial charge in [0.25, 0.3) is 5.56 Å². The maximum atomic E-state index is 12.9. The summed E-state index contributed by atoms with van der Waals surface area (Å²) >= 11 is 11.8. The van der Waals surface area contributed by atoms with Crippen LogP contribution in [0.5, 0.6) is 23.0 Å². The minimum Gasteiger partial charge on any atom is -0.497 e. The number of nitrogens with one attached hydrogen (secondary N) is 1. The second kappa shape index (κ2) is 18.6. The number of aryl methyl sites for hydroxylation is 2. The average molecular weight is 740 g/mol. The molecule has 1 N–H and O–H groups in total. The number of aldehydes is 1. The van der Waals surface area contributed by atoms with Crippen LogP contribution in [-0.4, -0.2) is 69.4 Å². The maximum absolute atomic E-state index is 12.9. The highest BCUT2D eigenvalue weighted by Gasteiger charge is 2.15. The molecule has 0 saturated carbocycles. The van der Waals surface area contributed by atoms with Gasteiger partial charge in [0.2, 0.25) is 0 Å². The molecule has 270 valence electrons. The third kappa shape index (κ3) is 9.89. The Bertz CT molecular complexity index is 2040. The van der Waals surface area contributed by atoms with Crippen molar-refractivity contribution in [2.45, 2.75) is 20.3 Å². The Kier molecular flexibility index (Phi) is 14.6. The summed E-state index contributed by atoms with van der Waals surface area (Å²) in [5.74, 6) is 2.28. The Hall–Kier alpha value is -5.33. The Morgan fingerprint density at radius 2 is 1.31 bits per heavy atom. The fourth-order valence-corrected chi connectivity index (χ4v) is 5.34. The number of carbonyl (C=O) groups is 2. The van der Waals surface area contributed by atoms with Crippen molar-refractivity contribution in [3.8, 4) is 34.1 Å². The molecular weight excluding hydrogens is 699 g/mol. The smallest absolute Gasteiger partial charge is 0.309 e. The summed E-state index contributed by atoms with van der Waals surface area (Å²) in [6.45, 7) is 3.67. The van der Waals surface area contributed by atoms with Crippen LogP contribution in [-0.2, 0) is 23.0 Å². The fraction of sp³-hybridized carbons (Fsp3) is 0.270. The summed E-state index contributed by atoms with van der Waals surface area (Å²) in [7, 11) is 11.1. The first-order chi connectivity index (χ1) is 24.3. The summed E-state index contributed by atoms with van der Waals surface area (Å²) in [5, 5.41) is 4.56. The van der Waals surface area contributed by atoms with Crippen molar-refractivity contribution < 1.29 is 33.3 Å². The molecule has 3 aromatic heterocycles. The number of carbonyl (C=O) groups excluding carboxylic acids is 2. The summed E-state index contributed by atoms with van der Waals surface area (Å²) in [6.07, 6.45) is 4.09. The molecule has 3 heterocycles. The molecule has 0 saturated heterocycles. The molecule has 0 spiro atoms. The fourth-order valence-electron chi connectivity index (χ4n) is 5.05. The van der Waals surface area contributed by atoms with Gasteiger partial charge < -0.3 is 33.6 Å². The lowest BCUT2D eigenvalue weighted by atomic mass is 10.0. The number of rotatable bonds is 9. The molecule has 0 atom stereocenters. The van der Waals surface area contributed by atoms with E-state index >= 15 is 0 Å². The number of hydrogen-bond donors (Lipinski definition) is 1. The van der Waals surface area contributed by atoms with Crippen molar-refractivity contribution in [1.29, 1.82) is 0 Å². The van der Waals surface area contributed by atoms with E-state index in [1.807, 2.05) is 19.9 Å². The molecule has 5 aromatic rings. The summed E-state index contributed by atoms with van der Waals surface area (Å²) in [4.78, 5) is 42.5. The number of fused-ring (bicyclic) bond motifs is 1. The van der Waals surface area contributed by atoms with Crippen LogP contribution in [0.1, 0.15) is 27.0 Å². The zero-order valence-electron chi connectivity index (χ0n) is 29.8. The Morgan fingerprint density at radius 1 is 0.804 bits per heavy atom. The van der Waals surface area contributed by atoms with Crippen molar-refractivity contribution in [3.05, 3.63) is 97.8 Å². The van der Waals surface area contributed by atoms with Gasteiger partial charge in [0, 0.05) is 60.7 Å². The standard InChI is InChI=1S/C18H17ClN2O3.C11H14O4.C8H9ClN2O/c1-10-16-12(9-20-17(10)19)7-15(18(22)21(16)2)11-5-13(23-3)8-14(6-11)24-4;1-13-9-4-8(6-11(12)15-3)5-10(7-9)14-2;1-5-7(10-2)6(4-12)3-11-8(5)9/h5-9H,1-4H3;4-5,7H,6H2,1-3H3;3-4H,1-2H3,(H,10,11). The molecule has 0 aliphatic carbocycles. The van der Waals surface area contributed by atoms with Gasteiger partial charge in [-0.2, -0.15) is 0 Å². The van der Waals surface area contributed by atoms with Crippen LogP contribution in [0, 0.1) is 13.8 Å². The number of esters is 1. The number of aromatic nitrogens is 3. The molecule has 0 bridgehead atoms. The molecule has 0 aliphatic heterocycles. The number of hydrogen-bond acceptors (Lipinski definition) is 11. The largest absolute Gasteiger partial charge is 0.497 e. The number of pyridine rings is 3. The number of anilines is 1. The zero-order chi connectivity index (χ0) is 37.8. The van der Waals surface area contributed by atoms with Crippen LogP contribution in [0.15, 0.2) is 59.7 Å². The van der Waals surface area contributed by atoms with Crippen molar-refractivity contribution in [1.82, 2.24) is 14.5 Å². The minimum atomic E-state index is -0.287. The second-order valence-electron chi connectivity index (χ2n) is 10.8. The van der Waals surface area contributed by atoms with Crippen LogP contribution in [0.2, 0.25) is 10.3 Å². The lowest BCUT2D eigenvalue weighted by molar-refractivity contribution is -0.139. The highest BCUT2D eigenvalue weighted by molar-refractivity contribution is 6.31. The molecular formula is C37H40Cl2N4O8. The summed E-state index contributed by atoms with van der Waals surface area (Å²) in [5.41, 5.74) is 5.57. The molecule has 2 aromatic carbocycles. The molecule has 12 nitrogen and oxygen atoms in total. The van der Waals surface area contributed by atoms with Gasteiger partial charge >= 0.3 is 5.97 Å². The molecule has 5 rings (SSSR count). The van der Waals surface area contributed by atoms with E-state index in [1.165, 1.54) is 13.3 Å². The van der Waals surface area contributed by atoms with Gasteiger partial charge in [0.15, 0.2) is 6.29 Å². The Morgan fingerprint density at radius 3 is 1.80 bits per heavy atom. The van der Waals surface area contributed by atoms with Gasteiger partial charge in [-0.1, -0.05) is 23.2 Å². The number of ether oxygens (including phenoxy) is 5. The van der Waals surface area contributed by atoms with Crippen LogP contribution >= 0.6 is 23.2 Å². The minimum absolute atomic E-state index is 0.122. The first-order valence-corrected chi connectivity index (χ1v) is 16.1. The number of benzene rings is 2. The van der Waals surface area contributed by atoms with Gasteiger partial charge in [-0.25, -0.2) is 9.97 Å². The van der Waals surface area contributed by atoms with Gasteiger partial charge in [0.05, 0.1) is 58.7 Å². The molecule has 51 heavy (non-hydrogen) atoms. The van der Waals surface area contributed by atoms with Crippen molar-refractivity contribution >= 4 is 52.0 Å². The van der Waals surface area contributed by atoms with Crippen LogP contribution in [0.3, 0.4) is 0 Å². The summed E-state index contributed by atoms with van der Waals surface area (Å²) < 4.78 is 26.9.